The number of aliphatic hydroxyl groups excluding tert-OH is 1. The van der Waals surface area contributed by atoms with Crippen molar-refractivity contribution in [2.24, 2.45) is 5.92 Å². The van der Waals surface area contributed by atoms with E-state index in [1.807, 2.05) is 24.3 Å². The number of nitrogens with zero attached hydrogens (tertiary/aromatic N) is 1. The number of carbonyl (C=O) groups is 1. The van der Waals surface area contributed by atoms with E-state index in [4.69, 9.17) is 9.47 Å². The Hall–Kier alpha value is -1.75. The van der Waals surface area contributed by atoms with Gasteiger partial charge in [-0.3, -0.25) is 0 Å². The van der Waals surface area contributed by atoms with Crippen LogP contribution in [0.2, 0.25) is 0 Å². The first-order chi connectivity index (χ1) is 9.71. The van der Waals surface area contributed by atoms with Crippen molar-refractivity contribution in [3.63, 3.8) is 0 Å². The first kappa shape index (κ1) is 14.7. The molecule has 1 aliphatic heterocycles. The number of piperidine rings is 1. The summed E-state index contributed by atoms with van der Waals surface area (Å²) in [5, 5.41) is 9.64. The van der Waals surface area contributed by atoms with Crippen molar-refractivity contribution in [3.05, 3.63) is 29.8 Å². The highest BCUT2D eigenvalue weighted by molar-refractivity contribution is 5.67. The van der Waals surface area contributed by atoms with E-state index in [2.05, 4.69) is 0 Å². The largest absolute Gasteiger partial charge is 0.496 e. The van der Waals surface area contributed by atoms with Gasteiger partial charge in [-0.05, 0) is 24.0 Å². The van der Waals surface area contributed by atoms with Gasteiger partial charge in [-0.15, -0.1) is 0 Å². The highest BCUT2D eigenvalue weighted by Crippen LogP contribution is 2.37. The summed E-state index contributed by atoms with van der Waals surface area (Å²) < 4.78 is 10.1. The van der Waals surface area contributed by atoms with Gasteiger partial charge in [0.15, 0.2) is 0 Å². The molecule has 2 rings (SSSR count). The molecule has 1 heterocycles. The van der Waals surface area contributed by atoms with Crippen LogP contribution in [0.3, 0.4) is 0 Å². The summed E-state index contributed by atoms with van der Waals surface area (Å²) in [7, 11) is 3.03. The molecule has 1 amide bonds. The molecule has 0 radical (unpaired) electrons. The van der Waals surface area contributed by atoms with Gasteiger partial charge in [0.2, 0.25) is 0 Å². The monoisotopic (exact) mass is 279 g/mol. The summed E-state index contributed by atoms with van der Waals surface area (Å²) in [4.78, 5) is 13.2. The van der Waals surface area contributed by atoms with Crippen molar-refractivity contribution < 1.29 is 19.4 Å². The van der Waals surface area contributed by atoms with E-state index in [9.17, 15) is 9.90 Å². The van der Waals surface area contributed by atoms with Gasteiger partial charge in [0.05, 0.1) is 14.2 Å². The topological polar surface area (TPSA) is 59.0 Å². The second-order valence-electron chi connectivity index (χ2n) is 5.00. The van der Waals surface area contributed by atoms with E-state index in [-0.39, 0.29) is 24.5 Å². The van der Waals surface area contributed by atoms with Gasteiger partial charge in [-0.1, -0.05) is 18.2 Å². The molecule has 1 fully saturated rings. The molecule has 1 aromatic carbocycles. The second-order valence-corrected chi connectivity index (χ2v) is 5.00. The van der Waals surface area contributed by atoms with Gasteiger partial charge in [0.25, 0.3) is 0 Å². The molecule has 5 heteroatoms. The molecule has 110 valence electrons. The minimum Gasteiger partial charge on any atom is -0.496 e. The average Bonchev–Trinajstić information content (AvgIpc) is 2.53. The maximum Gasteiger partial charge on any atom is 0.409 e. The lowest BCUT2D eigenvalue weighted by Gasteiger charge is -2.37. The number of para-hydroxylation sites is 1. The quantitative estimate of drug-likeness (QED) is 0.917. The van der Waals surface area contributed by atoms with Gasteiger partial charge in [0, 0.05) is 25.6 Å². The van der Waals surface area contributed by atoms with Crippen LogP contribution in [0.25, 0.3) is 0 Å². The Morgan fingerprint density at radius 1 is 1.40 bits per heavy atom. The van der Waals surface area contributed by atoms with E-state index >= 15 is 0 Å². The van der Waals surface area contributed by atoms with Crippen LogP contribution in [0.4, 0.5) is 4.79 Å². The smallest absolute Gasteiger partial charge is 0.409 e. The van der Waals surface area contributed by atoms with E-state index in [0.717, 1.165) is 17.7 Å². The molecule has 0 aliphatic carbocycles. The normalized spacial score (nSPS) is 22.4. The zero-order valence-corrected chi connectivity index (χ0v) is 11.9. The van der Waals surface area contributed by atoms with Crippen LogP contribution in [0.5, 0.6) is 5.75 Å². The minimum atomic E-state index is -0.332. The summed E-state index contributed by atoms with van der Waals surface area (Å²) in [6.45, 7) is 1.17. The first-order valence-corrected chi connectivity index (χ1v) is 6.78. The number of rotatable bonds is 3. The molecule has 1 aliphatic rings. The Labute approximate surface area is 119 Å². The summed E-state index contributed by atoms with van der Waals surface area (Å²) in [6.07, 6.45) is 0.461. The van der Waals surface area contributed by atoms with Crippen LogP contribution < -0.4 is 4.74 Å². The molecule has 0 unspecified atom stereocenters. The molecule has 1 aromatic rings. The Morgan fingerprint density at radius 2 is 2.15 bits per heavy atom. The number of hydrogen-bond donors (Lipinski definition) is 1. The molecule has 0 spiro atoms. The third kappa shape index (κ3) is 2.88. The fraction of sp³-hybridized carbons (Fsp3) is 0.533. The maximum absolute atomic E-state index is 11.6. The predicted molar refractivity (Wildman–Crippen MR) is 74.9 cm³/mol. The zero-order valence-electron chi connectivity index (χ0n) is 11.9. The minimum absolute atomic E-state index is 0.000787. The third-order valence-electron chi connectivity index (χ3n) is 3.94. The highest BCUT2D eigenvalue weighted by Gasteiger charge is 2.33. The van der Waals surface area contributed by atoms with Gasteiger partial charge < -0.3 is 19.5 Å². The van der Waals surface area contributed by atoms with Gasteiger partial charge in [-0.2, -0.15) is 0 Å². The van der Waals surface area contributed by atoms with Crippen molar-refractivity contribution >= 4 is 6.09 Å². The van der Waals surface area contributed by atoms with E-state index in [1.54, 1.807) is 12.0 Å². The average molecular weight is 279 g/mol. The SMILES string of the molecule is COC(=O)N1CC[C@H](c2ccccc2OC)[C@@H](CO)C1. The fourth-order valence-corrected chi connectivity index (χ4v) is 2.89. The summed E-state index contributed by atoms with van der Waals surface area (Å²) in [5.74, 6) is 1.03. The Morgan fingerprint density at radius 3 is 2.80 bits per heavy atom. The zero-order chi connectivity index (χ0) is 14.5. The number of benzene rings is 1. The van der Waals surface area contributed by atoms with Crippen molar-refractivity contribution in [3.8, 4) is 5.75 Å². The van der Waals surface area contributed by atoms with E-state index in [0.29, 0.717) is 13.1 Å². The molecule has 0 saturated carbocycles. The summed E-state index contributed by atoms with van der Waals surface area (Å²) >= 11 is 0. The fourth-order valence-electron chi connectivity index (χ4n) is 2.89. The lowest BCUT2D eigenvalue weighted by atomic mass is 9.80. The first-order valence-electron chi connectivity index (χ1n) is 6.78. The molecule has 0 aromatic heterocycles. The van der Waals surface area contributed by atoms with Crippen LogP contribution in [-0.4, -0.2) is 50.0 Å². The van der Waals surface area contributed by atoms with Crippen LogP contribution in [0.1, 0.15) is 17.9 Å². The number of aliphatic hydroxyl groups is 1. The molecule has 5 nitrogen and oxygen atoms in total. The highest BCUT2D eigenvalue weighted by atomic mass is 16.5. The number of methoxy groups -OCH3 is 2. The van der Waals surface area contributed by atoms with E-state index in [1.165, 1.54) is 7.11 Å². The van der Waals surface area contributed by atoms with Gasteiger partial charge in [-0.25, -0.2) is 4.79 Å². The van der Waals surface area contributed by atoms with Crippen molar-refractivity contribution in [1.82, 2.24) is 4.90 Å². The van der Waals surface area contributed by atoms with Gasteiger partial charge >= 0.3 is 6.09 Å². The lowest BCUT2D eigenvalue weighted by molar-refractivity contribution is 0.0769. The predicted octanol–water partition coefficient (Wildman–Crippen LogP) is 1.86. The van der Waals surface area contributed by atoms with Crippen LogP contribution in [0, 0.1) is 5.92 Å². The molecule has 20 heavy (non-hydrogen) atoms. The molecule has 0 bridgehead atoms. The second kappa shape index (κ2) is 6.61. The molecule has 2 atom stereocenters. The van der Waals surface area contributed by atoms with Crippen molar-refractivity contribution in [2.75, 3.05) is 33.9 Å². The summed E-state index contributed by atoms with van der Waals surface area (Å²) in [5.41, 5.74) is 1.10. The number of ether oxygens (including phenoxy) is 2. The van der Waals surface area contributed by atoms with Crippen LogP contribution >= 0.6 is 0 Å². The molecular formula is C15H21NO4. The van der Waals surface area contributed by atoms with Crippen molar-refractivity contribution in [1.29, 1.82) is 0 Å². The van der Waals surface area contributed by atoms with Crippen LogP contribution in [0.15, 0.2) is 24.3 Å². The number of amides is 1. The van der Waals surface area contributed by atoms with Crippen LogP contribution in [-0.2, 0) is 4.74 Å². The number of hydrogen-bond acceptors (Lipinski definition) is 4. The lowest BCUT2D eigenvalue weighted by Crippen LogP contribution is -2.44. The Kier molecular flexibility index (Phi) is 4.84. The molecule has 1 N–H and O–H groups in total. The van der Waals surface area contributed by atoms with E-state index < -0.39 is 0 Å². The molecular weight excluding hydrogens is 258 g/mol. The Bertz CT molecular complexity index is 463. The maximum atomic E-state index is 11.6. The summed E-state index contributed by atoms with van der Waals surface area (Å²) in [6, 6.07) is 7.86. The van der Waals surface area contributed by atoms with Crippen molar-refractivity contribution in [2.45, 2.75) is 12.3 Å². The Balaban J connectivity index is 2.19. The number of likely N-dealkylation sites (tertiary alicyclic amines) is 1. The third-order valence-corrected chi connectivity index (χ3v) is 3.94. The van der Waals surface area contributed by atoms with Gasteiger partial charge in [0.1, 0.15) is 5.75 Å². The molecule has 1 saturated heterocycles. The standard InChI is InChI=1S/C15H21NO4/c1-19-14-6-4-3-5-13(14)12-7-8-16(15(18)20-2)9-11(12)10-17/h3-6,11-12,17H,7-10H2,1-2H3/t11-,12+/m1/s1. The number of carbonyl (C=O) groups excluding carboxylic acids is 1.